The van der Waals surface area contributed by atoms with Crippen molar-refractivity contribution in [1.29, 1.82) is 0 Å². The van der Waals surface area contributed by atoms with Gasteiger partial charge in [-0.1, -0.05) is 48.5 Å². The summed E-state index contributed by atoms with van der Waals surface area (Å²) in [6.45, 7) is 1.79. The largest absolute Gasteiger partial charge is 0.361 e. The lowest BCUT2D eigenvalue weighted by Gasteiger charge is -2.11. The first-order chi connectivity index (χ1) is 12.4. The van der Waals surface area contributed by atoms with Crippen molar-refractivity contribution in [3.8, 4) is 0 Å². The Morgan fingerprint density at radius 2 is 1.65 bits per heavy atom. The zero-order valence-electron chi connectivity index (χ0n) is 15.2. The minimum Gasteiger partial charge on any atom is -0.361 e. The van der Waals surface area contributed by atoms with Crippen molar-refractivity contribution in [2.24, 2.45) is 4.99 Å². The second-order valence-electron chi connectivity index (χ2n) is 6.12. The van der Waals surface area contributed by atoms with Crippen LogP contribution in [-0.2, 0) is 12.8 Å². The molecular weight excluding hydrogens is 435 g/mol. The highest BCUT2D eigenvalue weighted by Gasteiger charge is 2.03. The molecule has 3 aromatic rings. The third-order valence-corrected chi connectivity index (χ3v) is 4.36. The number of aromatic nitrogens is 1. The van der Waals surface area contributed by atoms with Crippen LogP contribution >= 0.6 is 24.0 Å². The Balaban J connectivity index is 0.00000243. The minimum absolute atomic E-state index is 0. The third-order valence-electron chi connectivity index (χ3n) is 4.36. The van der Waals surface area contributed by atoms with Gasteiger partial charge in [-0.2, -0.15) is 0 Å². The maximum absolute atomic E-state index is 4.29. The molecule has 0 amide bonds. The summed E-state index contributed by atoms with van der Waals surface area (Å²) >= 11 is 0. The smallest absolute Gasteiger partial charge is 0.190 e. The predicted molar refractivity (Wildman–Crippen MR) is 122 cm³/mol. The number of hydrogen-bond donors (Lipinski definition) is 3. The highest BCUT2D eigenvalue weighted by molar-refractivity contribution is 14.0. The SMILES string of the molecule is CN=C(NCCCc1c[nH]c2ccccc12)NCCc1ccccc1.I. The van der Waals surface area contributed by atoms with Crippen molar-refractivity contribution < 1.29 is 0 Å². The quantitative estimate of drug-likeness (QED) is 0.214. The van der Waals surface area contributed by atoms with Gasteiger partial charge in [0.05, 0.1) is 0 Å². The van der Waals surface area contributed by atoms with Gasteiger partial charge in [-0.15, -0.1) is 24.0 Å². The summed E-state index contributed by atoms with van der Waals surface area (Å²) in [6.07, 6.45) is 5.24. The monoisotopic (exact) mass is 462 g/mol. The van der Waals surface area contributed by atoms with Crippen LogP contribution in [-0.4, -0.2) is 31.1 Å². The Kier molecular flexibility index (Phi) is 8.47. The molecule has 3 rings (SSSR count). The number of hydrogen-bond acceptors (Lipinski definition) is 1. The molecule has 3 N–H and O–H groups in total. The molecule has 0 aliphatic carbocycles. The van der Waals surface area contributed by atoms with Gasteiger partial charge in [-0.25, -0.2) is 0 Å². The van der Waals surface area contributed by atoms with Crippen LogP contribution in [0.4, 0.5) is 0 Å². The molecule has 0 radical (unpaired) electrons. The maximum Gasteiger partial charge on any atom is 0.190 e. The van der Waals surface area contributed by atoms with Gasteiger partial charge in [-0.05, 0) is 36.5 Å². The fourth-order valence-corrected chi connectivity index (χ4v) is 3.01. The summed E-state index contributed by atoms with van der Waals surface area (Å²) in [4.78, 5) is 7.63. The number of aromatic amines is 1. The average molecular weight is 462 g/mol. The first-order valence-corrected chi connectivity index (χ1v) is 8.90. The average Bonchev–Trinajstić information content (AvgIpc) is 3.08. The van der Waals surface area contributed by atoms with Crippen LogP contribution in [0.2, 0.25) is 0 Å². The number of halogens is 1. The van der Waals surface area contributed by atoms with Crippen molar-refractivity contribution in [2.75, 3.05) is 20.1 Å². The Bertz CT molecular complexity index is 811. The highest BCUT2D eigenvalue weighted by Crippen LogP contribution is 2.18. The van der Waals surface area contributed by atoms with Crippen LogP contribution in [0.3, 0.4) is 0 Å². The lowest BCUT2D eigenvalue weighted by atomic mass is 10.1. The van der Waals surface area contributed by atoms with E-state index in [1.807, 2.05) is 13.1 Å². The Morgan fingerprint density at radius 3 is 2.46 bits per heavy atom. The summed E-state index contributed by atoms with van der Waals surface area (Å²) in [5.74, 6) is 0.870. The first-order valence-electron chi connectivity index (χ1n) is 8.90. The number of rotatable bonds is 7. The Labute approximate surface area is 172 Å². The number of para-hydroxylation sites is 1. The van der Waals surface area contributed by atoms with Gasteiger partial charge in [0.2, 0.25) is 0 Å². The molecule has 4 nitrogen and oxygen atoms in total. The van der Waals surface area contributed by atoms with E-state index in [9.17, 15) is 0 Å². The molecule has 26 heavy (non-hydrogen) atoms. The number of benzene rings is 2. The maximum atomic E-state index is 4.29. The van der Waals surface area contributed by atoms with Gasteiger partial charge >= 0.3 is 0 Å². The number of fused-ring (bicyclic) bond motifs is 1. The van der Waals surface area contributed by atoms with Crippen LogP contribution in [0.5, 0.6) is 0 Å². The summed E-state index contributed by atoms with van der Waals surface area (Å²) in [7, 11) is 1.82. The highest BCUT2D eigenvalue weighted by atomic mass is 127. The zero-order chi connectivity index (χ0) is 17.3. The van der Waals surface area contributed by atoms with E-state index in [4.69, 9.17) is 0 Å². The zero-order valence-corrected chi connectivity index (χ0v) is 17.5. The minimum atomic E-state index is 0. The molecule has 138 valence electrons. The van der Waals surface area contributed by atoms with Gasteiger partial charge in [0, 0.05) is 37.2 Å². The Hall–Kier alpha value is -2.02. The van der Waals surface area contributed by atoms with Crippen LogP contribution in [0.1, 0.15) is 17.5 Å². The third kappa shape index (κ3) is 5.76. The number of guanidine groups is 1. The van der Waals surface area contributed by atoms with Crippen LogP contribution < -0.4 is 10.6 Å². The van der Waals surface area contributed by atoms with Crippen molar-refractivity contribution >= 4 is 40.8 Å². The summed E-state index contributed by atoms with van der Waals surface area (Å²) in [5, 5.41) is 8.10. The van der Waals surface area contributed by atoms with Crippen LogP contribution in [0.25, 0.3) is 10.9 Å². The first kappa shape index (κ1) is 20.3. The lowest BCUT2D eigenvalue weighted by Crippen LogP contribution is -2.38. The summed E-state index contributed by atoms with van der Waals surface area (Å²) in [5.41, 5.74) is 3.93. The molecule has 5 heteroatoms. The molecule has 0 aliphatic rings. The summed E-state index contributed by atoms with van der Waals surface area (Å²) in [6, 6.07) is 19.0. The fraction of sp³-hybridized carbons (Fsp3) is 0.286. The molecule has 0 unspecified atom stereocenters. The molecule has 1 heterocycles. The number of H-pyrrole nitrogens is 1. The van der Waals surface area contributed by atoms with Gasteiger partial charge in [0.15, 0.2) is 5.96 Å². The van der Waals surface area contributed by atoms with Gasteiger partial charge < -0.3 is 15.6 Å². The lowest BCUT2D eigenvalue weighted by molar-refractivity contribution is 0.741. The number of aryl methyl sites for hydroxylation is 1. The summed E-state index contributed by atoms with van der Waals surface area (Å²) < 4.78 is 0. The standard InChI is InChI=1S/C21H26N4.HI/c1-22-21(24-15-13-17-8-3-2-4-9-17)23-14-7-10-18-16-25-20-12-6-5-11-19(18)20;/h2-6,8-9,11-12,16,25H,7,10,13-15H2,1H3,(H2,22,23,24);1H. The number of aliphatic imine (C=N–C) groups is 1. The van der Waals surface area contributed by atoms with E-state index in [2.05, 4.69) is 75.3 Å². The van der Waals surface area contributed by atoms with Crippen molar-refractivity contribution in [1.82, 2.24) is 15.6 Å². The molecule has 2 aromatic carbocycles. The van der Waals surface area contributed by atoms with Crippen molar-refractivity contribution in [2.45, 2.75) is 19.3 Å². The molecule has 0 spiro atoms. The Morgan fingerprint density at radius 1 is 0.923 bits per heavy atom. The molecular formula is C21H27IN4. The molecule has 0 saturated heterocycles. The molecule has 0 saturated carbocycles. The van der Waals surface area contributed by atoms with Gasteiger partial charge in [-0.3, -0.25) is 4.99 Å². The van der Waals surface area contributed by atoms with Gasteiger partial charge in [0.1, 0.15) is 0 Å². The predicted octanol–water partition coefficient (Wildman–Crippen LogP) is 4.13. The molecule has 0 atom stereocenters. The van der Waals surface area contributed by atoms with E-state index in [1.165, 1.54) is 22.0 Å². The van der Waals surface area contributed by atoms with Crippen LogP contribution in [0, 0.1) is 0 Å². The van der Waals surface area contributed by atoms with E-state index < -0.39 is 0 Å². The molecule has 1 aromatic heterocycles. The van der Waals surface area contributed by atoms with E-state index in [0.717, 1.165) is 38.3 Å². The topological polar surface area (TPSA) is 52.2 Å². The molecule has 0 aliphatic heterocycles. The molecule has 0 bridgehead atoms. The second kappa shape index (κ2) is 10.9. The van der Waals surface area contributed by atoms with E-state index in [0.29, 0.717) is 0 Å². The van der Waals surface area contributed by atoms with Crippen molar-refractivity contribution in [3.63, 3.8) is 0 Å². The van der Waals surface area contributed by atoms with Gasteiger partial charge in [0.25, 0.3) is 0 Å². The van der Waals surface area contributed by atoms with E-state index >= 15 is 0 Å². The van der Waals surface area contributed by atoms with E-state index in [-0.39, 0.29) is 24.0 Å². The second-order valence-corrected chi connectivity index (χ2v) is 6.12. The fourth-order valence-electron chi connectivity index (χ4n) is 3.01. The normalized spacial score (nSPS) is 11.2. The van der Waals surface area contributed by atoms with Crippen molar-refractivity contribution in [3.05, 3.63) is 71.9 Å². The number of nitrogens with one attached hydrogen (secondary N) is 3. The van der Waals surface area contributed by atoms with E-state index in [1.54, 1.807) is 0 Å². The number of nitrogens with zero attached hydrogens (tertiary/aromatic N) is 1. The van der Waals surface area contributed by atoms with Crippen LogP contribution in [0.15, 0.2) is 65.8 Å². The molecule has 0 fully saturated rings.